The standard InChI is InChI=1S/C8H8BF3N2O2/c1-16-7(15)5-4(13)2-3(6(9)14-5)8(10,11)12/h2H,9,13H2,1H3. The Bertz CT molecular complexity index is 434. The van der Waals surface area contributed by atoms with Crippen LogP contribution in [0.5, 0.6) is 0 Å². The minimum absolute atomic E-state index is 0.312. The third-order valence-corrected chi connectivity index (χ3v) is 1.93. The molecular formula is C8H8BF3N2O2. The van der Waals surface area contributed by atoms with Gasteiger partial charge in [-0.25, -0.2) is 4.79 Å². The van der Waals surface area contributed by atoms with Gasteiger partial charge in [0.1, 0.15) is 0 Å². The zero-order chi connectivity index (χ0) is 12.5. The van der Waals surface area contributed by atoms with Gasteiger partial charge < -0.3 is 10.5 Å². The number of rotatable bonds is 1. The number of ether oxygens (including phenoxy) is 1. The van der Waals surface area contributed by atoms with Crippen LogP contribution in [0.3, 0.4) is 0 Å². The van der Waals surface area contributed by atoms with Gasteiger partial charge in [-0.3, -0.25) is 4.98 Å². The molecule has 0 fully saturated rings. The maximum absolute atomic E-state index is 12.4. The van der Waals surface area contributed by atoms with E-state index < -0.39 is 17.7 Å². The van der Waals surface area contributed by atoms with E-state index in [0.29, 0.717) is 6.07 Å². The molecule has 8 heteroatoms. The summed E-state index contributed by atoms with van der Waals surface area (Å²) in [6.07, 6.45) is -4.54. The number of anilines is 1. The van der Waals surface area contributed by atoms with Gasteiger partial charge in [0, 0.05) is 5.59 Å². The molecule has 0 atom stereocenters. The fraction of sp³-hybridized carbons (Fsp3) is 0.250. The number of nitrogens with zero attached hydrogens (tertiary/aromatic N) is 1. The first-order chi connectivity index (χ1) is 7.27. The smallest absolute Gasteiger partial charge is 0.417 e. The van der Waals surface area contributed by atoms with Crippen molar-refractivity contribution in [2.75, 3.05) is 12.8 Å². The van der Waals surface area contributed by atoms with Crippen LogP contribution in [-0.2, 0) is 10.9 Å². The van der Waals surface area contributed by atoms with E-state index in [2.05, 4.69) is 9.72 Å². The van der Waals surface area contributed by atoms with Crippen molar-refractivity contribution in [3.8, 4) is 0 Å². The molecule has 0 aromatic carbocycles. The molecule has 0 unspecified atom stereocenters. The molecule has 0 spiro atoms. The lowest BCUT2D eigenvalue weighted by atomic mass is 9.96. The minimum atomic E-state index is -4.54. The molecule has 1 aromatic heterocycles. The van der Waals surface area contributed by atoms with Gasteiger partial charge in [0.15, 0.2) is 13.5 Å². The molecule has 0 aliphatic carbocycles. The lowest BCUT2D eigenvalue weighted by Gasteiger charge is -2.12. The van der Waals surface area contributed by atoms with Crippen LogP contribution in [0.1, 0.15) is 16.1 Å². The van der Waals surface area contributed by atoms with Gasteiger partial charge in [-0.1, -0.05) is 0 Å². The van der Waals surface area contributed by atoms with Crippen LogP contribution < -0.4 is 11.3 Å². The van der Waals surface area contributed by atoms with Crippen LogP contribution in [0, 0.1) is 0 Å². The molecule has 0 saturated carbocycles. The highest BCUT2D eigenvalue weighted by Gasteiger charge is 2.34. The van der Waals surface area contributed by atoms with Gasteiger partial charge in [0.2, 0.25) is 0 Å². The Morgan fingerprint density at radius 2 is 2.12 bits per heavy atom. The fourth-order valence-corrected chi connectivity index (χ4v) is 1.17. The van der Waals surface area contributed by atoms with Gasteiger partial charge in [-0.2, -0.15) is 13.2 Å². The van der Waals surface area contributed by atoms with Crippen molar-refractivity contribution < 1.29 is 22.7 Å². The number of hydrogen-bond acceptors (Lipinski definition) is 4. The van der Waals surface area contributed by atoms with Crippen LogP contribution in [-0.4, -0.2) is 25.9 Å². The average Bonchev–Trinajstić information content (AvgIpc) is 2.18. The third-order valence-electron chi connectivity index (χ3n) is 1.93. The maximum Gasteiger partial charge on any atom is 0.417 e. The lowest BCUT2D eigenvalue weighted by molar-refractivity contribution is -0.136. The normalized spacial score (nSPS) is 11.2. The number of hydrogen-bond donors (Lipinski definition) is 1. The molecule has 4 nitrogen and oxygen atoms in total. The summed E-state index contributed by atoms with van der Waals surface area (Å²) in [7, 11) is 2.24. The number of nitrogens with two attached hydrogens (primary N) is 1. The molecule has 2 N–H and O–H groups in total. The Balaban J connectivity index is 3.33. The molecule has 1 rings (SSSR count). The Morgan fingerprint density at radius 1 is 1.56 bits per heavy atom. The second kappa shape index (κ2) is 4.03. The summed E-state index contributed by atoms with van der Waals surface area (Å²) >= 11 is 0. The Morgan fingerprint density at radius 3 is 2.56 bits per heavy atom. The monoisotopic (exact) mass is 232 g/mol. The van der Waals surface area contributed by atoms with Gasteiger partial charge >= 0.3 is 12.1 Å². The Kier molecular flexibility index (Phi) is 3.11. The molecule has 0 saturated heterocycles. The van der Waals surface area contributed by atoms with Crippen molar-refractivity contribution >= 4 is 25.1 Å². The zero-order valence-corrected chi connectivity index (χ0v) is 8.55. The summed E-state index contributed by atoms with van der Waals surface area (Å²) in [6.45, 7) is 0. The van der Waals surface area contributed by atoms with Crippen molar-refractivity contribution in [1.82, 2.24) is 4.98 Å². The first-order valence-electron chi connectivity index (χ1n) is 4.20. The molecule has 16 heavy (non-hydrogen) atoms. The van der Waals surface area contributed by atoms with E-state index in [-0.39, 0.29) is 17.0 Å². The van der Waals surface area contributed by atoms with Crippen LogP contribution in [0.25, 0.3) is 0 Å². The lowest BCUT2D eigenvalue weighted by Crippen LogP contribution is -2.26. The van der Waals surface area contributed by atoms with E-state index in [1.165, 1.54) is 0 Å². The largest absolute Gasteiger partial charge is 0.464 e. The quantitative estimate of drug-likeness (QED) is 0.534. The second-order valence-electron chi connectivity index (χ2n) is 3.05. The number of esters is 1. The predicted molar refractivity (Wildman–Crippen MR) is 53.2 cm³/mol. The summed E-state index contributed by atoms with van der Waals surface area (Å²) < 4.78 is 41.6. The first kappa shape index (κ1) is 12.3. The number of pyridine rings is 1. The summed E-state index contributed by atoms with van der Waals surface area (Å²) in [5.41, 5.74) is 3.35. The number of carbonyl (C=O) groups excluding carboxylic acids is 1. The van der Waals surface area contributed by atoms with Crippen LogP contribution in [0.15, 0.2) is 6.07 Å². The first-order valence-corrected chi connectivity index (χ1v) is 4.20. The molecule has 0 amide bonds. The number of halogens is 3. The van der Waals surface area contributed by atoms with Crippen LogP contribution in [0.4, 0.5) is 18.9 Å². The fourth-order valence-electron chi connectivity index (χ4n) is 1.17. The van der Waals surface area contributed by atoms with E-state index in [9.17, 15) is 18.0 Å². The van der Waals surface area contributed by atoms with Gasteiger partial charge in [0.25, 0.3) is 0 Å². The molecule has 0 aliphatic heterocycles. The highest BCUT2D eigenvalue weighted by atomic mass is 19.4. The second-order valence-corrected chi connectivity index (χ2v) is 3.05. The molecule has 1 aromatic rings. The molecule has 1 heterocycles. The summed E-state index contributed by atoms with van der Waals surface area (Å²) in [4.78, 5) is 14.6. The van der Waals surface area contributed by atoms with E-state index in [0.717, 1.165) is 15.0 Å². The number of nitrogen functional groups attached to an aromatic ring is 1. The van der Waals surface area contributed by atoms with Crippen molar-refractivity contribution in [3.63, 3.8) is 0 Å². The summed E-state index contributed by atoms with van der Waals surface area (Å²) in [5, 5.41) is 0. The Labute approximate surface area is 90.0 Å². The van der Waals surface area contributed by atoms with Gasteiger partial charge in [0.05, 0.1) is 18.4 Å². The number of alkyl halides is 3. The third kappa shape index (κ3) is 2.26. The summed E-state index contributed by atoms with van der Waals surface area (Å²) in [6, 6.07) is 0.675. The maximum atomic E-state index is 12.4. The molecule has 0 radical (unpaired) electrons. The number of methoxy groups -OCH3 is 1. The van der Waals surface area contributed by atoms with Crippen molar-refractivity contribution in [3.05, 3.63) is 17.3 Å². The van der Waals surface area contributed by atoms with Crippen molar-refractivity contribution in [2.24, 2.45) is 0 Å². The average molecular weight is 232 g/mol. The van der Waals surface area contributed by atoms with Crippen molar-refractivity contribution in [1.29, 1.82) is 0 Å². The number of aromatic nitrogens is 1. The molecule has 0 bridgehead atoms. The van der Waals surface area contributed by atoms with E-state index in [1.54, 1.807) is 0 Å². The van der Waals surface area contributed by atoms with E-state index >= 15 is 0 Å². The zero-order valence-electron chi connectivity index (χ0n) is 8.55. The van der Waals surface area contributed by atoms with Gasteiger partial charge in [-0.15, -0.1) is 0 Å². The minimum Gasteiger partial charge on any atom is -0.464 e. The topological polar surface area (TPSA) is 65.2 Å². The van der Waals surface area contributed by atoms with E-state index in [4.69, 9.17) is 5.73 Å². The number of carbonyl (C=O) groups is 1. The van der Waals surface area contributed by atoms with Crippen LogP contribution in [0.2, 0.25) is 0 Å². The van der Waals surface area contributed by atoms with Crippen molar-refractivity contribution in [2.45, 2.75) is 6.18 Å². The highest BCUT2D eigenvalue weighted by molar-refractivity contribution is 6.32. The Hall–Kier alpha value is -1.73. The predicted octanol–water partition coefficient (Wildman–Crippen LogP) is -0.272. The van der Waals surface area contributed by atoms with Gasteiger partial charge in [-0.05, 0) is 6.07 Å². The van der Waals surface area contributed by atoms with Crippen LogP contribution >= 0.6 is 0 Å². The molecule has 0 aliphatic rings. The summed E-state index contributed by atoms with van der Waals surface area (Å²) in [5.74, 6) is -0.866. The molecule has 86 valence electrons. The SMILES string of the molecule is Bc1nc(C(=O)OC)c(N)cc1C(F)(F)F. The van der Waals surface area contributed by atoms with E-state index in [1.807, 2.05) is 0 Å². The molecular weight excluding hydrogens is 224 g/mol. The highest BCUT2D eigenvalue weighted by Crippen LogP contribution is 2.29.